The third-order valence-electron chi connectivity index (χ3n) is 3.62. The third-order valence-corrected chi connectivity index (χ3v) is 3.62. The van der Waals surface area contributed by atoms with E-state index < -0.39 is 0 Å². The van der Waals surface area contributed by atoms with Crippen LogP contribution in [-0.2, 0) is 0 Å². The summed E-state index contributed by atoms with van der Waals surface area (Å²) in [6.45, 7) is 7.05. The Bertz CT molecular complexity index is 131. The Balaban J connectivity index is 2.34. The second kappa shape index (κ2) is 6.44. The lowest BCUT2D eigenvalue weighted by Gasteiger charge is -2.37. The molecule has 0 saturated heterocycles. The first-order valence-electron chi connectivity index (χ1n) is 6.54. The van der Waals surface area contributed by atoms with Crippen molar-refractivity contribution in [1.29, 1.82) is 0 Å². The molecule has 0 atom stereocenters. The molecule has 0 heterocycles. The summed E-state index contributed by atoms with van der Waals surface area (Å²) in [6.07, 6.45) is 11.4. The molecule has 0 bridgehead atoms. The summed E-state index contributed by atoms with van der Waals surface area (Å²) in [7, 11) is 0. The van der Waals surface area contributed by atoms with Crippen LogP contribution in [0.5, 0.6) is 0 Å². The van der Waals surface area contributed by atoms with Crippen molar-refractivity contribution < 1.29 is 0 Å². The molecule has 14 heavy (non-hydrogen) atoms. The molecule has 84 valence electrons. The second-order valence-corrected chi connectivity index (χ2v) is 4.99. The van der Waals surface area contributed by atoms with Crippen LogP contribution in [0.4, 0.5) is 0 Å². The molecule has 0 aromatic heterocycles. The fourth-order valence-electron chi connectivity index (χ4n) is 2.88. The smallest absolute Gasteiger partial charge is 0.000780 e. The minimum Gasteiger partial charge on any atom is -0.316 e. The summed E-state index contributed by atoms with van der Waals surface area (Å²) in [5.41, 5.74) is 0.669. The van der Waals surface area contributed by atoms with Crippen molar-refractivity contribution >= 4 is 0 Å². The van der Waals surface area contributed by atoms with Gasteiger partial charge < -0.3 is 5.32 Å². The molecular formula is C13H27N. The maximum atomic E-state index is 3.63. The first kappa shape index (κ1) is 12.0. The molecule has 1 nitrogen and oxygen atoms in total. The molecule has 0 spiro atoms. The largest absolute Gasteiger partial charge is 0.316 e. The number of hydrogen-bond acceptors (Lipinski definition) is 1. The van der Waals surface area contributed by atoms with Crippen LogP contribution in [0.3, 0.4) is 0 Å². The van der Waals surface area contributed by atoms with Gasteiger partial charge in [0.25, 0.3) is 0 Å². The molecule has 0 radical (unpaired) electrons. The standard InChI is InChI=1S/C13H27N/c1-3-8-13(12-14-11-4-2)9-6-5-7-10-13/h14H,3-12H2,1-2H3. The molecule has 1 heteroatoms. The Morgan fingerprint density at radius 3 is 2.29 bits per heavy atom. The van der Waals surface area contributed by atoms with Crippen LogP contribution >= 0.6 is 0 Å². The Kier molecular flexibility index (Phi) is 5.54. The van der Waals surface area contributed by atoms with Gasteiger partial charge in [0.1, 0.15) is 0 Å². The van der Waals surface area contributed by atoms with Gasteiger partial charge in [-0.15, -0.1) is 0 Å². The van der Waals surface area contributed by atoms with Gasteiger partial charge in [-0.1, -0.05) is 39.5 Å². The molecule has 0 aromatic carbocycles. The highest BCUT2D eigenvalue weighted by molar-refractivity contribution is 4.84. The number of rotatable bonds is 6. The summed E-state index contributed by atoms with van der Waals surface area (Å²) in [5.74, 6) is 0. The van der Waals surface area contributed by atoms with Crippen LogP contribution < -0.4 is 5.32 Å². The van der Waals surface area contributed by atoms with E-state index in [0.717, 1.165) is 0 Å². The van der Waals surface area contributed by atoms with E-state index in [2.05, 4.69) is 19.2 Å². The van der Waals surface area contributed by atoms with E-state index in [1.54, 1.807) is 0 Å². The highest BCUT2D eigenvalue weighted by Gasteiger charge is 2.30. The van der Waals surface area contributed by atoms with Crippen molar-refractivity contribution in [2.24, 2.45) is 5.41 Å². The lowest BCUT2D eigenvalue weighted by atomic mass is 9.71. The summed E-state index contributed by atoms with van der Waals surface area (Å²) in [4.78, 5) is 0. The van der Waals surface area contributed by atoms with Crippen LogP contribution in [0.25, 0.3) is 0 Å². The van der Waals surface area contributed by atoms with Crippen LogP contribution in [-0.4, -0.2) is 13.1 Å². The molecule has 1 aliphatic carbocycles. The van der Waals surface area contributed by atoms with Crippen molar-refractivity contribution in [2.45, 2.75) is 65.2 Å². The first-order valence-corrected chi connectivity index (χ1v) is 6.54. The van der Waals surface area contributed by atoms with Gasteiger partial charge in [-0.05, 0) is 37.6 Å². The highest BCUT2D eigenvalue weighted by atomic mass is 14.9. The fraction of sp³-hybridized carbons (Fsp3) is 1.00. The van der Waals surface area contributed by atoms with Crippen LogP contribution in [0.15, 0.2) is 0 Å². The second-order valence-electron chi connectivity index (χ2n) is 4.99. The SMILES string of the molecule is CCCNCC1(CCC)CCCCC1. The van der Waals surface area contributed by atoms with Gasteiger partial charge in [0.05, 0.1) is 0 Å². The summed E-state index contributed by atoms with van der Waals surface area (Å²) < 4.78 is 0. The quantitative estimate of drug-likeness (QED) is 0.640. The Hall–Kier alpha value is -0.0400. The van der Waals surface area contributed by atoms with Crippen molar-refractivity contribution in [3.8, 4) is 0 Å². The van der Waals surface area contributed by atoms with E-state index in [4.69, 9.17) is 0 Å². The number of hydrogen-bond donors (Lipinski definition) is 1. The van der Waals surface area contributed by atoms with E-state index >= 15 is 0 Å². The molecule has 1 aliphatic rings. The predicted molar refractivity (Wildman–Crippen MR) is 63.6 cm³/mol. The van der Waals surface area contributed by atoms with Crippen molar-refractivity contribution in [3.63, 3.8) is 0 Å². The lowest BCUT2D eigenvalue weighted by molar-refractivity contribution is 0.165. The lowest BCUT2D eigenvalue weighted by Crippen LogP contribution is -2.36. The molecule has 0 unspecified atom stereocenters. The monoisotopic (exact) mass is 197 g/mol. The van der Waals surface area contributed by atoms with Crippen LogP contribution in [0.1, 0.15) is 65.2 Å². The molecule has 1 fully saturated rings. The zero-order chi connectivity index (χ0) is 10.3. The Morgan fingerprint density at radius 2 is 1.71 bits per heavy atom. The van der Waals surface area contributed by atoms with E-state index in [9.17, 15) is 0 Å². The molecule has 0 amide bonds. The van der Waals surface area contributed by atoms with Crippen LogP contribution in [0.2, 0.25) is 0 Å². The third kappa shape index (κ3) is 3.61. The minimum atomic E-state index is 0.669. The van der Waals surface area contributed by atoms with E-state index in [1.165, 1.54) is 64.5 Å². The molecule has 1 saturated carbocycles. The predicted octanol–water partition coefficient (Wildman–Crippen LogP) is 3.74. The zero-order valence-electron chi connectivity index (χ0n) is 10.1. The van der Waals surface area contributed by atoms with E-state index in [-0.39, 0.29) is 0 Å². The van der Waals surface area contributed by atoms with Crippen molar-refractivity contribution in [3.05, 3.63) is 0 Å². The maximum Gasteiger partial charge on any atom is 0.000780 e. The molecule has 1 N–H and O–H groups in total. The van der Waals surface area contributed by atoms with Gasteiger partial charge in [-0.2, -0.15) is 0 Å². The van der Waals surface area contributed by atoms with Gasteiger partial charge in [0.15, 0.2) is 0 Å². The average molecular weight is 197 g/mol. The van der Waals surface area contributed by atoms with E-state index in [0.29, 0.717) is 5.41 Å². The fourth-order valence-corrected chi connectivity index (χ4v) is 2.88. The molecule has 0 aliphatic heterocycles. The molecule has 1 rings (SSSR count). The summed E-state index contributed by atoms with van der Waals surface area (Å²) in [5, 5.41) is 3.63. The Labute approximate surface area is 89.7 Å². The van der Waals surface area contributed by atoms with Crippen LogP contribution in [0, 0.1) is 5.41 Å². The molecular weight excluding hydrogens is 170 g/mol. The van der Waals surface area contributed by atoms with Gasteiger partial charge >= 0.3 is 0 Å². The normalized spacial score (nSPS) is 21.0. The minimum absolute atomic E-state index is 0.669. The topological polar surface area (TPSA) is 12.0 Å². The maximum absolute atomic E-state index is 3.63. The summed E-state index contributed by atoms with van der Waals surface area (Å²) in [6, 6.07) is 0. The molecule has 0 aromatic rings. The van der Waals surface area contributed by atoms with Gasteiger partial charge in [-0.3, -0.25) is 0 Å². The Morgan fingerprint density at radius 1 is 1.00 bits per heavy atom. The first-order chi connectivity index (χ1) is 6.83. The van der Waals surface area contributed by atoms with Crippen molar-refractivity contribution in [1.82, 2.24) is 5.32 Å². The highest BCUT2D eigenvalue weighted by Crippen LogP contribution is 2.39. The van der Waals surface area contributed by atoms with Gasteiger partial charge in [0, 0.05) is 6.54 Å². The van der Waals surface area contributed by atoms with Crippen molar-refractivity contribution in [2.75, 3.05) is 13.1 Å². The average Bonchev–Trinajstić information content (AvgIpc) is 2.20. The van der Waals surface area contributed by atoms with E-state index in [1.807, 2.05) is 0 Å². The van der Waals surface area contributed by atoms with Gasteiger partial charge in [0.2, 0.25) is 0 Å². The summed E-state index contributed by atoms with van der Waals surface area (Å²) >= 11 is 0. The zero-order valence-corrected chi connectivity index (χ0v) is 10.1. The number of nitrogens with one attached hydrogen (secondary N) is 1. The van der Waals surface area contributed by atoms with Gasteiger partial charge in [-0.25, -0.2) is 0 Å².